The van der Waals surface area contributed by atoms with Crippen molar-refractivity contribution < 1.29 is 9.13 Å². The molecule has 0 fully saturated rings. The summed E-state index contributed by atoms with van der Waals surface area (Å²) in [7, 11) is 0. The number of ether oxygens (including phenoxy) is 1. The van der Waals surface area contributed by atoms with Crippen LogP contribution in [0.2, 0.25) is 5.02 Å². The lowest BCUT2D eigenvalue weighted by molar-refractivity contribution is 0.305. The van der Waals surface area contributed by atoms with Crippen molar-refractivity contribution in [1.29, 1.82) is 5.41 Å². The Balaban J connectivity index is 2.10. The van der Waals surface area contributed by atoms with Crippen molar-refractivity contribution in [3.05, 3.63) is 63.9 Å². The molecule has 0 radical (unpaired) electrons. The van der Waals surface area contributed by atoms with Gasteiger partial charge in [-0.05, 0) is 36.8 Å². The van der Waals surface area contributed by atoms with Gasteiger partial charge in [-0.2, -0.15) is 0 Å². The summed E-state index contributed by atoms with van der Waals surface area (Å²) in [5, 5.41) is 7.82. The third-order valence-corrected chi connectivity index (χ3v) is 3.24. The maximum atomic E-state index is 13.1. The molecule has 0 atom stereocenters. The minimum absolute atomic E-state index is 0.0338. The molecule has 0 aliphatic carbocycles. The Labute approximate surface area is 121 Å². The normalized spacial score (nSPS) is 10.3. The van der Waals surface area contributed by atoms with Crippen LogP contribution in [0.3, 0.4) is 0 Å². The van der Waals surface area contributed by atoms with E-state index in [1.807, 2.05) is 0 Å². The average Bonchev–Trinajstić information content (AvgIpc) is 2.41. The molecular weight excluding hydrogens is 279 g/mol. The highest BCUT2D eigenvalue weighted by Crippen LogP contribution is 2.21. The number of nitrogens with one attached hydrogen (secondary N) is 1. The van der Waals surface area contributed by atoms with Gasteiger partial charge in [0.1, 0.15) is 24.0 Å². The van der Waals surface area contributed by atoms with Crippen LogP contribution in [-0.4, -0.2) is 5.84 Å². The number of nitrogen functional groups attached to an aromatic ring is 1. The largest absolute Gasteiger partial charge is 0.489 e. The Kier molecular flexibility index (Phi) is 4.25. The first-order chi connectivity index (χ1) is 9.47. The molecule has 0 saturated heterocycles. The van der Waals surface area contributed by atoms with Crippen LogP contribution in [0, 0.1) is 18.2 Å². The maximum Gasteiger partial charge on any atom is 0.126 e. The molecule has 0 amide bonds. The number of hydrogen-bond acceptors (Lipinski definition) is 2. The van der Waals surface area contributed by atoms with Gasteiger partial charge in [0.15, 0.2) is 0 Å². The molecule has 3 N–H and O–H groups in total. The van der Waals surface area contributed by atoms with Crippen molar-refractivity contribution in [3.8, 4) is 5.75 Å². The van der Waals surface area contributed by atoms with Crippen molar-refractivity contribution >= 4 is 17.4 Å². The zero-order chi connectivity index (χ0) is 14.7. The van der Waals surface area contributed by atoms with Crippen LogP contribution in [0.25, 0.3) is 0 Å². The third-order valence-electron chi connectivity index (χ3n) is 2.89. The summed E-state index contributed by atoms with van der Waals surface area (Å²) in [6.45, 7) is 1.94. The number of nitrogens with two attached hydrogens (primary N) is 1. The van der Waals surface area contributed by atoms with Crippen molar-refractivity contribution in [2.75, 3.05) is 0 Å². The van der Waals surface area contributed by atoms with Gasteiger partial charge in [-0.25, -0.2) is 4.39 Å². The van der Waals surface area contributed by atoms with Gasteiger partial charge in [0.2, 0.25) is 0 Å². The van der Waals surface area contributed by atoms with E-state index in [2.05, 4.69) is 0 Å². The lowest BCUT2D eigenvalue weighted by Crippen LogP contribution is -2.11. The molecule has 0 aliphatic heterocycles. The van der Waals surface area contributed by atoms with Crippen molar-refractivity contribution in [3.63, 3.8) is 0 Å². The second-order valence-electron chi connectivity index (χ2n) is 4.42. The average molecular weight is 293 g/mol. The van der Waals surface area contributed by atoms with E-state index < -0.39 is 0 Å². The van der Waals surface area contributed by atoms with Crippen LogP contribution in [0.1, 0.15) is 16.7 Å². The van der Waals surface area contributed by atoms with Gasteiger partial charge in [-0.15, -0.1) is 0 Å². The molecule has 0 unspecified atom stereocenters. The van der Waals surface area contributed by atoms with Gasteiger partial charge in [0.25, 0.3) is 0 Å². The molecule has 104 valence electrons. The van der Waals surface area contributed by atoms with Crippen molar-refractivity contribution in [1.82, 2.24) is 0 Å². The highest BCUT2D eigenvalue weighted by atomic mass is 35.5. The second-order valence-corrected chi connectivity index (χ2v) is 4.83. The molecule has 0 aromatic heterocycles. The first kappa shape index (κ1) is 14.3. The fraction of sp³-hybridized carbons (Fsp3) is 0.133. The van der Waals surface area contributed by atoms with Crippen LogP contribution < -0.4 is 10.5 Å². The first-order valence-electron chi connectivity index (χ1n) is 5.99. The first-order valence-corrected chi connectivity index (χ1v) is 6.37. The Morgan fingerprint density at radius 1 is 1.30 bits per heavy atom. The standard InChI is InChI=1S/C15H14ClFN2O/c1-9-6-12(4-5-14(9)17)20-8-11-3-2-10(15(18)19)7-13(11)16/h2-7H,8H2,1H3,(H3,18,19). The van der Waals surface area contributed by atoms with E-state index in [1.165, 1.54) is 6.07 Å². The number of halogens is 2. The van der Waals surface area contributed by atoms with E-state index in [1.54, 1.807) is 37.3 Å². The quantitative estimate of drug-likeness (QED) is 0.667. The van der Waals surface area contributed by atoms with E-state index >= 15 is 0 Å². The Bertz CT molecular complexity index is 658. The molecule has 0 saturated carbocycles. The molecule has 5 heteroatoms. The molecular formula is C15H14ClFN2O. The SMILES string of the molecule is Cc1cc(OCc2ccc(C(=N)N)cc2Cl)ccc1F. The lowest BCUT2D eigenvalue weighted by Gasteiger charge is -2.10. The number of amidine groups is 1. The van der Waals surface area contributed by atoms with E-state index in [-0.39, 0.29) is 18.3 Å². The van der Waals surface area contributed by atoms with E-state index in [9.17, 15) is 4.39 Å². The van der Waals surface area contributed by atoms with Crippen LogP contribution in [0.15, 0.2) is 36.4 Å². The summed E-state index contributed by atoms with van der Waals surface area (Å²) in [6.07, 6.45) is 0. The van der Waals surface area contributed by atoms with Gasteiger partial charge in [0, 0.05) is 16.1 Å². The minimum atomic E-state index is -0.263. The predicted octanol–water partition coefficient (Wildman–Crippen LogP) is 3.65. The van der Waals surface area contributed by atoms with Crippen LogP contribution in [0.5, 0.6) is 5.75 Å². The van der Waals surface area contributed by atoms with Crippen LogP contribution in [0.4, 0.5) is 4.39 Å². The summed E-state index contributed by atoms with van der Waals surface area (Å²) in [4.78, 5) is 0. The fourth-order valence-electron chi connectivity index (χ4n) is 1.70. The van der Waals surface area contributed by atoms with Crippen molar-refractivity contribution in [2.45, 2.75) is 13.5 Å². The molecule has 2 aromatic carbocycles. The summed E-state index contributed by atoms with van der Waals surface area (Å²) in [5.74, 6) is 0.283. The van der Waals surface area contributed by atoms with Gasteiger partial charge in [-0.3, -0.25) is 5.41 Å². The maximum absolute atomic E-state index is 13.1. The number of rotatable bonds is 4. The molecule has 0 bridgehead atoms. The highest BCUT2D eigenvalue weighted by molar-refractivity contribution is 6.31. The summed E-state index contributed by atoms with van der Waals surface area (Å²) < 4.78 is 18.7. The molecule has 2 aromatic rings. The fourth-order valence-corrected chi connectivity index (χ4v) is 1.94. The molecule has 0 heterocycles. The van der Waals surface area contributed by atoms with Gasteiger partial charge < -0.3 is 10.5 Å². The van der Waals surface area contributed by atoms with Gasteiger partial charge in [-0.1, -0.05) is 23.7 Å². The van der Waals surface area contributed by atoms with Crippen LogP contribution >= 0.6 is 11.6 Å². The van der Waals surface area contributed by atoms with E-state index in [0.29, 0.717) is 21.9 Å². The Morgan fingerprint density at radius 3 is 2.65 bits per heavy atom. The highest BCUT2D eigenvalue weighted by Gasteiger charge is 2.06. The third kappa shape index (κ3) is 3.27. The summed E-state index contributed by atoms with van der Waals surface area (Å²) >= 11 is 6.10. The minimum Gasteiger partial charge on any atom is -0.489 e. The van der Waals surface area contributed by atoms with Crippen molar-refractivity contribution in [2.24, 2.45) is 5.73 Å². The summed E-state index contributed by atoms with van der Waals surface area (Å²) in [6, 6.07) is 9.66. The molecule has 0 aliphatic rings. The van der Waals surface area contributed by atoms with E-state index in [4.69, 9.17) is 27.5 Å². The monoisotopic (exact) mass is 292 g/mol. The Morgan fingerprint density at radius 2 is 2.05 bits per heavy atom. The summed E-state index contributed by atoms with van der Waals surface area (Å²) in [5.41, 5.74) is 7.26. The lowest BCUT2D eigenvalue weighted by atomic mass is 10.1. The second kappa shape index (κ2) is 5.92. The number of benzene rings is 2. The zero-order valence-electron chi connectivity index (χ0n) is 10.9. The molecule has 3 nitrogen and oxygen atoms in total. The van der Waals surface area contributed by atoms with Crippen LogP contribution in [-0.2, 0) is 6.61 Å². The molecule has 2 rings (SSSR count). The molecule has 20 heavy (non-hydrogen) atoms. The smallest absolute Gasteiger partial charge is 0.126 e. The van der Waals surface area contributed by atoms with Gasteiger partial charge in [0.05, 0.1) is 0 Å². The molecule has 0 spiro atoms. The van der Waals surface area contributed by atoms with E-state index in [0.717, 1.165) is 5.56 Å². The topological polar surface area (TPSA) is 59.1 Å². The predicted molar refractivity (Wildman–Crippen MR) is 77.9 cm³/mol. The number of aryl methyl sites for hydroxylation is 1. The zero-order valence-corrected chi connectivity index (χ0v) is 11.7. The Hall–Kier alpha value is -2.07. The number of hydrogen-bond donors (Lipinski definition) is 2. The van der Waals surface area contributed by atoms with Gasteiger partial charge >= 0.3 is 0 Å².